The van der Waals surface area contributed by atoms with Crippen LogP contribution < -0.4 is 10.1 Å². The fourth-order valence-corrected chi connectivity index (χ4v) is 1.72. The number of hydrogen-bond acceptors (Lipinski definition) is 4. The van der Waals surface area contributed by atoms with Crippen molar-refractivity contribution in [2.45, 2.75) is 26.9 Å². The molecule has 1 rings (SSSR count). The summed E-state index contributed by atoms with van der Waals surface area (Å²) in [5, 5.41) is 19.5. The first-order valence-corrected chi connectivity index (χ1v) is 6.33. The third-order valence-corrected chi connectivity index (χ3v) is 2.70. The maximum Gasteiger partial charge on any atom is 0.256 e. The monoisotopic (exact) mass is 276 g/mol. The molecule has 0 radical (unpaired) electrons. The number of carbonyl (C=O) groups is 1. The van der Waals surface area contributed by atoms with E-state index >= 15 is 0 Å². The number of aliphatic hydroxyl groups is 1. The summed E-state index contributed by atoms with van der Waals surface area (Å²) in [4.78, 5) is 11.6. The van der Waals surface area contributed by atoms with E-state index in [2.05, 4.69) is 5.32 Å². The van der Waals surface area contributed by atoms with E-state index in [0.717, 1.165) is 11.3 Å². The van der Waals surface area contributed by atoms with Crippen molar-refractivity contribution in [3.05, 3.63) is 41.2 Å². The smallest absolute Gasteiger partial charge is 0.256 e. The number of amides is 1. The van der Waals surface area contributed by atoms with Crippen LogP contribution in [0, 0.1) is 12.3 Å². The van der Waals surface area contributed by atoms with E-state index in [9.17, 15) is 4.79 Å². The molecule has 0 aliphatic rings. The second kappa shape index (κ2) is 6.75. The van der Waals surface area contributed by atoms with Crippen LogP contribution in [-0.2, 0) is 4.79 Å². The zero-order chi connectivity index (χ0) is 15.3. The molecule has 0 bridgehead atoms. The minimum absolute atomic E-state index is 0.0361. The lowest BCUT2D eigenvalue weighted by atomic mass is 10.0. The molecule has 0 aliphatic heterocycles. The summed E-state index contributed by atoms with van der Waals surface area (Å²) in [5.74, 6) is 0.240. The van der Waals surface area contributed by atoms with Crippen LogP contribution >= 0.6 is 0 Å². The Morgan fingerprint density at radius 2 is 2.10 bits per heavy atom. The van der Waals surface area contributed by atoms with Crippen molar-refractivity contribution < 1.29 is 14.6 Å². The summed E-state index contributed by atoms with van der Waals surface area (Å²) in [6.07, 6.45) is 0.715. The average molecular weight is 276 g/mol. The highest BCUT2D eigenvalue weighted by Gasteiger charge is 2.16. The number of benzene rings is 1. The second-order valence-corrected chi connectivity index (χ2v) is 4.64. The summed E-state index contributed by atoms with van der Waals surface area (Å²) in [7, 11) is 1.45. The van der Waals surface area contributed by atoms with Crippen molar-refractivity contribution in [2.75, 3.05) is 7.05 Å². The molecule has 0 saturated carbocycles. The molecule has 1 amide bonds. The standard InChI is InChI=1S/C15H20N2O3/c1-9(2)20-13-6-5-11(7-10(13)3)14(16)12(8-18)15(19)17-4/h5-9,16,18H,1-4H3,(H,17,19). The van der Waals surface area contributed by atoms with Gasteiger partial charge in [0, 0.05) is 12.6 Å². The van der Waals surface area contributed by atoms with Crippen LogP contribution in [0.4, 0.5) is 0 Å². The van der Waals surface area contributed by atoms with Gasteiger partial charge in [-0.2, -0.15) is 0 Å². The van der Waals surface area contributed by atoms with Crippen molar-refractivity contribution in [3.63, 3.8) is 0 Å². The van der Waals surface area contributed by atoms with Gasteiger partial charge in [0.2, 0.25) is 0 Å². The summed E-state index contributed by atoms with van der Waals surface area (Å²) in [6.45, 7) is 5.75. The van der Waals surface area contributed by atoms with Crippen LogP contribution in [0.25, 0.3) is 0 Å². The number of likely N-dealkylation sites (N-methyl/N-ethyl adjacent to an activating group) is 1. The number of nitrogens with one attached hydrogen (secondary N) is 2. The van der Waals surface area contributed by atoms with Crippen LogP contribution in [0.5, 0.6) is 5.75 Å². The van der Waals surface area contributed by atoms with Crippen molar-refractivity contribution in [3.8, 4) is 5.75 Å². The fourth-order valence-electron chi connectivity index (χ4n) is 1.72. The van der Waals surface area contributed by atoms with Gasteiger partial charge in [-0.3, -0.25) is 10.2 Å². The summed E-state index contributed by atoms with van der Waals surface area (Å²) in [5.41, 5.74) is 1.30. The molecular formula is C15H20N2O3. The van der Waals surface area contributed by atoms with Gasteiger partial charge in [-0.25, -0.2) is 0 Å². The molecule has 0 unspecified atom stereocenters. The number of aryl methyl sites for hydroxylation is 1. The molecule has 1 aromatic rings. The van der Waals surface area contributed by atoms with Crippen molar-refractivity contribution in [1.29, 1.82) is 5.41 Å². The lowest BCUT2D eigenvalue weighted by molar-refractivity contribution is -0.116. The molecule has 20 heavy (non-hydrogen) atoms. The molecule has 5 nitrogen and oxygen atoms in total. The molecule has 108 valence electrons. The number of carbonyl (C=O) groups excluding carboxylic acids is 1. The van der Waals surface area contributed by atoms with Gasteiger partial charge in [0.1, 0.15) is 5.75 Å². The Morgan fingerprint density at radius 1 is 1.45 bits per heavy atom. The molecule has 0 heterocycles. The predicted octanol–water partition coefficient (Wildman–Crippen LogP) is 2.34. The molecule has 0 fully saturated rings. The molecule has 0 atom stereocenters. The lowest BCUT2D eigenvalue weighted by Gasteiger charge is -2.14. The van der Waals surface area contributed by atoms with Crippen molar-refractivity contribution in [2.24, 2.45) is 0 Å². The maximum absolute atomic E-state index is 11.6. The zero-order valence-electron chi connectivity index (χ0n) is 12.2. The number of hydrogen-bond donors (Lipinski definition) is 3. The first-order valence-electron chi connectivity index (χ1n) is 6.33. The number of aliphatic hydroxyl groups excluding tert-OH is 1. The number of rotatable bonds is 5. The predicted molar refractivity (Wildman–Crippen MR) is 78.6 cm³/mol. The summed E-state index contributed by atoms with van der Waals surface area (Å²) >= 11 is 0. The minimum Gasteiger partial charge on any atom is -0.515 e. The van der Waals surface area contributed by atoms with Gasteiger partial charge in [-0.1, -0.05) is 0 Å². The van der Waals surface area contributed by atoms with E-state index in [0.29, 0.717) is 11.8 Å². The Kier molecular flexibility index (Phi) is 5.32. The molecule has 0 aromatic heterocycles. The van der Waals surface area contributed by atoms with Gasteiger partial charge in [0.05, 0.1) is 23.7 Å². The van der Waals surface area contributed by atoms with Crippen LogP contribution in [-0.4, -0.2) is 29.9 Å². The van der Waals surface area contributed by atoms with Gasteiger partial charge >= 0.3 is 0 Å². The SMILES string of the molecule is CNC(=O)C(=CO)C(=N)c1ccc(OC(C)C)c(C)c1. The van der Waals surface area contributed by atoms with E-state index in [1.54, 1.807) is 18.2 Å². The molecule has 1 aromatic carbocycles. The zero-order valence-corrected chi connectivity index (χ0v) is 12.2. The third-order valence-electron chi connectivity index (χ3n) is 2.70. The van der Waals surface area contributed by atoms with E-state index in [1.165, 1.54) is 7.05 Å². The molecule has 3 N–H and O–H groups in total. The third kappa shape index (κ3) is 3.60. The van der Waals surface area contributed by atoms with Gasteiger partial charge in [0.15, 0.2) is 0 Å². The van der Waals surface area contributed by atoms with Gasteiger partial charge < -0.3 is 15.2 Å². The second-order valence-electron chi connectivity index (χ2n) is 4.64. The molecule has 0 saturated heterocycles. The maximum atomic E-state index is 11.6. The van der Waals surface area contributed by atoms with E-state index in [4.69, 9.17) is 15.3 Å². The summed E-state index contributed by atoms with van der Waals surface area (Å²) < 4.78 is 5.62. The molecule has 0 spiro atoms. The average Bonchev–Trinajstić information content (AvgIpc) is 2.40. The highest BCUT2D eigenvalue weighted by atomic mass is 16.5. The fraction of sp³-hybridized carbons (Fsp3) is 0.333. The van der Waals surface area contributed by atoms with E-state index < -0.39 is 5.91 Å². The minimum atomic E-state index is -0.502. The number of ether oxygens (including phenoxy) is 1. The van der Waals surface area contributed by atoms with Gasteiger partial charge in [-0.15, -0.1) is 0 Å². The topological polar surface area (TPSA) is 82.4 Å². The lowest BCUT2D eigenvalue weighted by Crippen LogP contribution is -2.25. The van der Waals surface area contributed by atoms with Crippen LogP contribution in [0.3, 0.4) is 0 Å². The van der Waals surface area contributed by atoms with Crippen molar-refractivity contribution in [1.82, 2.24) is 5.32 Å². The van der Waals surface area contributed by atoms with Crippen LogP contribution in [0.1, 0.15) is 25.0 Å². The Balaban J connectivity index is 3.06. The Hall–Kier alpha value is -2.30. The Bertz CT molecular complexity index is 548. The molecule has 0 aliphatic carbocycles. The van der Waals surface area contributed by atoms with Crippen LogP contribution in [0.2, 0.25) is 0 Å². The van der Waals surface area contributed by atoms with Gasteiger partial charge in [-0.05, 0) is 44.5 Å². The largest absolute Gasteiger partial charge is 0.515 e. The van der Waals surface area contributed by atoms with E-state index in [-0.39, 0.29) is 17.4 Å². The Labute approximate surface area is 118 Å². The van der Waals surface area contributed by atoms with Crippen molar-refractivity contribution >= 4 is 11.6 Å². The van der Waals surface area contributed by atoms with Gasteiger partial charge in [0.25, 0.3) is 5.91 Å². The Morgan fingerprint density at radius 3 is 2.55 bits per heavy atom. The normalized spacial score (nSPS) is 11.3. The quantitative estimate of drug-likeness (QED) is 0.438. The highest BCUT2D eigenvalue weighted by molar-refractivity contribution is 6.26. The van der Waals surface area contributed by atoms with Crippen LogP contribution in [0.15, 0.2) is 30.0 Å². The molecule has 5 heteroatoms. The van der Waals surface area contributed by atoms with E-state index in [1.807, 2.05) is 20.8 Å². The molecular weight excluding hydrogens is 256 g/mol. The first-order chi connectivity index (χ1) is 9.40. The first kappa shape index (κ1) is 15.8. The highest BCUT2D eigenvalue weighted by Crippen LogP contribution is 2.22. The summed E-state index contributed by atoms with van der Waals surface area (Å²) in [6, 6.07) is 5.21.